The molecule has 1 amide bonds. The molecule has 5 rings (SSSR count). The van der Waals surface area contributed by atoms with Gasteiger partial charge < -0.3 is 4.74 Å². The van der Waals surface area contributed by atoms with Crippen LogP contribution in [0.4, 0.5) is 5.13 Å². The largest absolute Gasteiger partial charge is 0.497 e. The maximum atomic E-state index is 13.4. The van der Waals surface area contributed by atoms with Gasteiger partial charge in [0.25, 0.3) is 5.91 Å². The molecule has 0 aliphatic rings. The minimum atomic E-state index is -0.212. The molecular weight excluding hydrogens is 454 g/mol. The molecule has 0 aliphatic heterocycles. The summed E-state index contributed by atoms with van der Waals surface area (Å²) in [5, 5.41) is 6.35. The van der Waals surface area contributed by atoms with E-state index in [9.17, 15) is 4.79 Å². The van der Waals surface area contributed by atoms with Crippen LogP contribution < -0.4 is 10.1 Å². The quantitative estimate of drug-likeness (QED) is 0.289. The lowest BCUT2D eigenvalue weighted by Crippen LogP contribution is -2.13. The van der Waals surface area contributed by atoms with Crippen molar-refractivity contribution in [2.24, 2.45) is 0 Å². The second-order valence-corrected chi connectivity index (χ2v) is 9.40. The minimum absolute atomic E-state index is 0.212. The van der Waals surface area contributed by atoms with Gasteiger partial charge in [-0.1, -0.05) is 24.3 Å². The highest BCUT2D eigenvalue weighted by Crippen LogP contribution is 2.31. The number of pyridine rings is 1. The van der Waals surface area contributed by atoms with Gasteiger partial charge >= 0.3 is 0 Å². The number of amides is 1. The molecule has 0 radical (unpaired) electrons. The fraction of sp³-hybridized carbons (Fsp3) is 0.138. The molecule has 0 unspecified atom stereocenters. The molecule has 0 spiro atoms. The number of thiazole rings is 1. The van der Waals surface area contributed by atoms with Crippen molar-refractivity contribution < 1.29 is 9.53 Å². The second kappa shape index (κ2) is 9.31. The molecule has 0 bridgehead atoms. The van der Waals surface area contributed by atoms with E-state index in [1.165, 1.54) is 28.0 Å². The van der Waals surface area contributed by atoms with Crippen LogP contribution in [0.15, 0.2) is 72.1 Å². The van der Waals surface area contributed by atoms with Crippen LogP contribution in [0, 0.1) is 20.8 Å². The number of aromatic nitrogens is 2. The number of para-hydroxylation sites is 1. The van der Waals surface area contributed by atoms with Crippen molar-refractivity contribution in [1.82, 2.24) is 9.97 Å². The van der Waals surface area contributed by atoms with Gasteiger partial charge in [-0.25, -0.2) is 9.97 Å². The predicted molar refractivity (Wildman–Crippen MR) is 143 cm³/mol. The SMILES string of the molecule is COc1ccc(-c2cc(C(=O)Nc3nc(-c4cc(C)c(C)cc4C)cs3)c3ccccc3n2)cc1. The molecule has 1 N–H and O–H groups in total. The summed E-state index contributed by atoms with van der Waals surface area (Å²) in [5.74, 6) is 0.558. The van der Waals surface area contributed by atoms with Gasteiger partial charge in [-0.15, -0.1) is 11.3 Å². The lowest BCUT2D eigenvalue weighted by molar-refractivity contribution is 0.102. The van der Waals surface area contributed by atoms with Crippen molar-refractivity contribution in [3.63, 3.8) is 0 Å². The number of anilines is 1. The van der Waals surface area contributed by atoms with Crippen LogP contribution >= 0.6 is 11.3 Å². The van der Waals surface area contributed by atoms with Gasteiger partial charge in [-0.2, -0.15) is 0 Å². The Hall–Kier alpha value is -4.03. The average Bonchev–Trinajstić information content (AvgIpc) is 3.33. The lowest BCUT2D eigenvalue weighted by Gasteiger charge is -2.10. The number of nitrogens with zero attached hydrogens (tertiary/aromatic N) is 2. The van der Waals surface area contributed by atoms with E-state index in [0.29, 0.717) is 10.7 Å². The van der Waals surface area contributed by atoms with E-state index in [1.54, 1.807) is 7.11 Å². The molecular formula is C29H25N3O2S. The van der Waals surface area contributed by atoms with Crippen molar-refractivity contribution >= 4 is 33.3 Å². The normalized spacial score (nSPS) is 11.0. The topological polar surface area (TPSA) is 64.1 Å². The fourth-order valence-electron chi connectivity index (χ4n) is 4.13. The van der Waals surface area contributed by atoms with Crippen molar-refractivity contribution in [1.29, 1.82) is 0 Å². The summed E-state index contributed by atoms with van der Waals surface area (Å²) < 4.78 is 5.27. The lowest BCUT2D eigenvalue weighted by atomic mass is 9.99. The maximum Gasteiger partial charge on any atom is 0.258 e. The van der Waals surface area contributed by atoms with Gasteiger partial charge in [0.05, 0.1) is 29.6 Å². The Bertz CT molecular complexity index is 1550. The van der Waals surface area contributed by atoms with Crippen molar-refractivity contribution in [3.05, 3.63) is 94.4 Å². The average molecular weight is 480 g/mol. The number of hydrogen-bond acceptors (Lipinski definition) is 5. The molecule has 5 aromatic rings. The Morgan fingerprint density at radius 3 is 2.37 bits per heavy atom. The third-order valence-electron chi connectivity index (χ3n) is 6.19. The highest BCUT2D eigenvalue weighted by atomic mass is 32.1. The zero-order valence-electron chi connectivity index (χ0n) is 20.0. The van der Waals surface area contributed by atoms with Crippen LogP contribution in [0.3, 0.4) is 0 Å². The molecule has 0 atom stereocenters. The smallest absolute Gasteiger partial charge is 0.258 e. The summed E-state index contributed by atoms with van der Waals surface area (Å²) in [6.07, 6.45) is 0. The number of rotatable bonds is 5. The second-order valence-electron chi connectivity index (χ2n) is 8.54. The first kappa shape index (κ1) is 22.7. The number of fused-ring (bicyclic) bond motifs is 1. The van der Waals surface area contributed by atoms with E-state index in [-0.39, 0.29) is 5.91 Å². The molecule has 2 aromatic heterocycles. The molecule has 3 aromatic carbocycles. The van der Waals surface area contributed by atoms with Crippen LogP contribution in [-0.2, 0) is 0 Å². The maximum absolute atomic E-state index is 13.4. The molecule has 35 heavy (non-hydrogen) atoms. The fourth-order valence-corrected chi connectivity index (χ4v) is 4.83. The van der Waals surface area contributed by atoms with Crippen LogP contribution in [0.1, 0.15) is 27.0 Å². The zero-order valence-corrected chi connectivity index (χ0v) is 20.9. The van der Waals surface area contributed by atoms with Crippen LogP contribution in [-0.4, -0.2) is 23.0 Å². The van der Waals surface area contributed by atoms with Gasteiger partial charge in [0.15, 0.2) is 5.13 Å². The molecule has 5 nitrogen and oxygen atoms in total. The first-order valence-electron chi connectivity index (χ1n) is 11.3. The molecule has 0 aliphatic carbocycles. The summed E-state index contributed by atoms with van der Waals surface area (Å²) in [5.41, 5.74) is 8.54. The van der Waals surface area contributed by atoms with Crippen LogP contribution in [0.5, 0.6) is 5.75 Å². The summed E-state index contributed by atoms with van der Waals surface area (Å²) in [4.78, 5) is 22.9. The van der Waals surface area contributed by atoms with Crippen LogP contribution in [0.2, 0.25) is 0 Å². The highest BCUT2D eigenvalue weighted by molar-refractivity contribution is 7.14. The van der Waals surface area contributed by atoms with Gasteiger partial charge in [-0.3, -0.25) is 10.1 Å². The standard InChI is InChI=1S/C29H25N3O2S/c1-17-13-19(3)23(14-18(17)2)27-16-35-29(31-27)32-28(33)24-15-26(20-9-11-21(34-4)12-10-20)30-25-8-6-5-7-22(24)25/h5-16H,1-4H3,(H,31,32,33). The number of carbonyl (C=O) groups excluding carboxylic acids is 1. The van der Waals surface area contributed by atoms with E-state index in [0.717, 1.165) is 39.2 Å². The molecule has 0 saturated heterocycles. The van der Waals surface area contributed by atoms with Gasteiger partial charge in [0.2, 0.25) is 0 Å². The number of methoxy groups -OCH3 is 1. The number of ether oxygens (including phenoxy) is 1. The molecule has 2 heterocycles. The van der Waals surface area contributed by atoms with Crippen molar-refractivity contribution in [2.75, 3.05) is 12.4 Å². The molecule has 0 fully saturated rings. The predicted octanol–water partition coefficient (Wildman–Crippen LogP) is 7.21. The summed E-state index contributed by atoms with van der Waals surface area (Å²) in [7, 11) is 1.64. The van der Waals surface area contributed by atoms with Crippen LogP contribution in [0.25, 0.3) is 33.4 Å². The van der Waals surface area contributed by atoms with Gasteiger partial charge in [-0.05, 0) is 79.9 Å². The third-order valence-corrected chi connectivity index (χ3v) is 6.95. The Morgan fingerprint density at radius 1 is 0.857 bits per heavy atom. The molecule has 0 saturated carbocycles. The summed E-state index contributed by atoms with van der Waals surface area (Å²) >= 11 is 1.42. The number of aryl methyl sites for hydroxylation is 3. The van der Waals surface area contributed by atoms with Crippen molar-refractivity contribution in [2.45, 2.75) is 20.8 Å². The monoisotopic (exact) mass is 479 g/mol. The summed E-state index contributed by atoms with van der Waals surface area (Å²) in [6, 6.07) is 21.5. The van der Waals surface area contributed by atoms with E-state index < -0.39 is 0 Å². The Balaban J connectivity index is 1.49. The summed E-state index contributed by atoms with van der Waals surface area (Å²) in [6.45, 7) is 6.30. The van der Waals surface area contributed by atoms with Gasteiger partial charge in [0.1, 0.15) is 5.75 Å². The van der Waals surface area contributed by atoms with Gasteiger partial charge in [0, 0.05) is 21.9 Å². The zero-order chi connectivity index (χ0) is 24.5. The number of hydrogen-bond donors (Lipinski definition) is 1. The number of benzene rings is 3. The number of nitrogens with one attached hydrogen (secondary N) is 1. The highest BCUT2D eigenvalue weighted by Gasteiger charge is 2.16. The first-order valence-corrected chi connectivity index (χ1v) is 12.2. The molecule has 6 heteroatoms. The Kier molecular flexibility index (Phi) is 6.05. The van der Waals surface area contributed by atoms with E-state index in [2.05, 4.69) is 38.2 Å². The Morgan fingerprint density at radius 2 is 1.60 bits per heavy atom. The Labute approximate surface area is 208 Å². The van der Waals surface area contributed by atoms with Crippen molar-refractivity contribution in [3.8, 4) is 28.3 Å². The van der Waals surface area contributed by atoms with E-state index >= 15 is 0 Å². The minimum Gasteiger partial charge on any atom is -0.497 e. The molecule has 174 valence electrons. The van der Waals surface area contributed by atoms with E-state index in [1.807, 2.05) is 60.0 Å². The third kappa shape index (κ3) is 4.53. The number of carbonyl (C=O) groups is 1. The van der Waals surface area contributed by atoms with E-state index in [4.69, 9.17) is 14.7 Å². The first-order chi connectivity index (χ1) is 16.9.